The molecule has 0 bridgehead atoms. The van der Waals surface area contributed by atoms with E-state index in [2.05, 4.69) is 176 Å². The Morgan fingerprint density at radius 2 is 1.03 bits per heavy atom. The fraction of sp³-hybridized carbons (Fsp3) is 0.0536. The van der Waals surface area contributed by atoms with Crippen LogP contribution in [0.15, 0.2) is 203 Å². The van der Waals surface area contributed by atoms with Crippen LogP contribution in [-0.4, -0.2) is 4.98 Å². The van der Waals surface area contributed by atoms with Crippen LogP contribution in [0.1, 0.15) is 25.0 Å². The van der Waals surface area contributed by atoms with Crippen LogP contribution in [0.3, 0.4) is 0 Å². The summed E-state index contributed by atoms with van der Waals surface area (Å²) >= 11 is 0. The first-order chi connectivity index (χ1) is 29.5. The zero-order valence-corrected chi connectivity index (χ0v) is 33.2. The summed E-state index contributed by atoms with van der Waals surface area (Å²) in [6.45, 7) is 4.68. The number of aromatic nitrogens is 1. The van der Waals surface area contributed by atoms with E-state index >= 15 is 0 Å². The minimum absolute atomic E-state index is 0.121. The van der Waals surface area contributed by atoms with Crippen molar-refractivity contribution in [1.82, 2.24) is 4.98 Å². The van der Waals surface area contributed by atoms with Gasteiger partial charge in [-0.05, 0) is 104 Å². The van der Waals surface area contributed by atoms with Crippen molar-refractivity contribution in [1.29, 1.82) is 0 Å². The Hall–Kier alpha value is -7.69. The van der Waals surface area contributed by atoms with E-state index in [9.17, 15) is 0 Å². The lowest BCUT2D eigenvalue weighted by atomic mass is 9.82. The van der Waals surface area contributed by atoms with Crippen LogP contribution in [0.2, 0.25) is 0 Å². The molecule has 0 radical (unpaired) electrons. The van der Waals surface area contributed by atoms with Crippen LogP contribution in [-0.2, 0) is 5.41 Å². The first-order valence-electron chi connectivity index (χ1n) is 20.5. The second-order valence-electron chi connectivity index (χ2n) is 16.3. The van der Waals surface area contributed by atoms with Gasteiger partial charge in [0.05, 0.1) is 0 Å². The summed E-state index contributed by atoms with van der Waals surface area (Å²) in [4.78, 5) is 7.21. The molecule has 11 aromatic rings. The van der Waals surface area contributed by atoms with Gasteiger partial charge in [0, 0.05) is 50.4 Å². The Morgan fingerprint density at radius 3 is 1.85 bits per heavy atom. The second kappa shape index (κ2) is 13.2. The quantitative estimate of drug-likeness (QED) is 0.169. The third-order valence-electron chi connectivity index (χ3n) is 12.5. The van der Waals surface area contributed by atoms with Crippen LogP contribution in [0.5, 0.6) is 0 Å². The first-order valence-corrected chi connectivity index (χ1v) is 20.5. The van der Waals surface area contributed by atoms with Crippen LogP contribution in [0.4, 0.5) is 17.1 Å². The van der Waals surface area contributed by atoms with Crippen molar-refractivity contribution in [2.24, 2.45) is 0 Å². The molecule has 0 saturated heterocycles. The predicted octanol–water partition coefficient (Wildman–Crippen LogP) is 15.7. The number of nitrogens with zero attached hydrogens (tertiary/aromatic N) is 2. The number of hydrogen-bond acceptors (Lipinski definition) is 4. The lowest BCUT2D eigenvalue weighted by Crippen LogP contribution is -2.16. The van der Waals surface area contributed by atoms with Crippen LogP contribution in [0.25, 0.3) is 88.6 Å². The molecular formula is C56H38N2O2. The SMILES string of the molecule is CC1(C)c2ccccc2-c2ccc(N(c3ccc(-c4cccc5ccccc45)cc3)c3ccc(-c4cccc5c4oc4cc6oc(-c7ccccc7)nc6cc45)cc3)cc21. The maximum Gasteiger partial charge on any atom is 0.227 e. The molecule has 4 heteroatoms. The molecule has 0 unspecified atom stereocenters. The zero-order chi connectivity index (χ0) is 40.0. The standard InChI is InChI=1S/C56H38N2O2/c1-56(2)49-21-9-8-17-45(49)46-31-30-41(32-50(46)56)58(39-26-22-36(23-27-39)43-18-10-15-35-12-6-7-16-42(35)43)40-28-24-37(25-29-40)44-19-11-20-47-48-33-51-53(34-52(48)59-54(44)47)60-55(57-51)38-13-4-3-5-14-38/h3-34H,1-2H3. The normalized spacial score (nSPS) is 13.0. The number of anilines is 3. The van der Waals surface area contributed by atoms with Gasteiger partial charge in [0.15, 0.2) is 5.58 Å². The molecule has 2 aromatic heterocycles. The van der Waals surface area contributed by atoms with E-state index in [4.69, 9.17) is 13.8 Å². The van der Waals surface area contributed by atoms with Gasteiger partial charge in [-0.2, -0.15) is 0 Å². The number of rotatable bonds is 6. The molecule has 1 aliphatic carbocycles. The van der Waals surface area contributed by atoms with Gasteiger partial charge in [-0.1, -0.05) is 147 Å². The molecule has 0 fully saturated rings. The van der Waals surface area contributed by atoms with E-state index in [0.29, 0.717) is 11.5 Å². The third-order valence-corrected chi connectivity index (χ3v) is 12.5. The number of fused-ring (bicyclic) bond motifs is 8. The number of furan rings is 1. The van der Waals surface area contributed by atoms with Crippen molar-refractivity contribution < 1.29 is 8.83 Å². The van der Waals surface area contributed by atoms with E-state index < -0.39 is 0 Å². The molecule has 0 amide bonds. The van der Waals surface area contributed by atoms with Gasteiger partial charge in [-0.15, -0.1) is 0 Å². The first kappa shape index (κ1) is 34.4. The van der Waals surface area contributed by atoms with Crippen molar-refractivity contribution >= 4 is 60.9 Å². The highest BCUT2D eigenvalue weighted by Crippen LogP contribution is 2.51. The fourth-order valence-electron chi connectivity index (χ4n) is 9.49. The highest BCUT2D eigenvalue weighted by Gasteiger charge is 2.35. The highest BCUT2D eigenvalue weighted by molar-refractivity contribution is 6.12. The summed E-state index contributed by atoms with van der Waals surface area (Å²) in [5, 5.41) is 4.56. The van der Waals surface area contributed by atoms with Gasteiger partial charge in [0.1, 0.15) is 16.7 Å². The average Bonchev–Trinajstić information content (AvgIpc) is 3.96. The van der Waals surface area contributed by atoms with Crippen LogP contribution in [0, 0.1) is 0 Å². The van der Waals surface area contributed by atoms with Crippen molar-refractivity contribution in [3.8, 4) is 44.8 Å². The monoisotopic (exact) mass is 770 g/mol. The van der Waals surface area contributed by atoms with Crippen molar-refractivity contribution in [3.05, 3.63) is 205 Å². The van der Waals surface area contributed by atoms with Gasteiger partial charge < -0.3 is 13.7 Å². The molecule has 12 rings (SSSR count). The molecule has 284 valence electrons. The van der Waals surface area contributed by atoms with Crippen LogP contribution >= 0.6 is 0 Å². The molecule has 9 aromatic carbocycles. The number of para-hydroxylation sites is 1. The van der Waals surface area contributed by atoms with E-state index in [0.717, 1.165) is 61.2 Å². The highest BCUT2D eigenvalue weighted by atomic mass is 16.4. The lowest BCUT2D eigenvalue weighted by molar-refractivity contribution is 0.617. The maximum atomic E-state index is 6.64. The Kier molecular flexibility index (Phi) is 7.54. The van der Waals surface area contributed by atoms with Gasteiger partial charge in [0.2, 0.25) is 5.89 Å². The molecule has 0 N–H and O–H groups in total. The molecule has 0 aliphatic heterocycles. The van der Waals surface area contributed by atoms with Gasteiger partial charge in [-0.3, -0.25) is 0 Å². The summed E-state index contributed by atoms with van der Waals surface area (Å²) in [6, 6.07) is 69.2. The summed E-state index contributed by atoms with van der Waals surface area (Å²) in [5.41, 5.74) is 17.1. The Balaban J connectivity index is 0.950. The van der Waals surface area contributed by atoms with E-state index in [1.807, 2.05) is 36.4 Å². The fourth-order valence-corrected chi connectivity index (χ4v) is 9.49. The van der Waals surface area contributed by atoms with Gasteiger partial charge >= 0.3 is 0 Å². The van der Waals surface area contributed by atoms with Crippen molar-refractivity contribution in [2.45, 2.75) is 19.3 Å². The summed E-state index contributed by atoms with van der Waals surface area (Å²) < 4.78 is 12.8. The van der Waals surface area contributed by atoms with E-state index in [1.165, 1.54) is 44.2 Å². The van der Waals surface area contributed by atoms with E-state index in [-0.39, 0.29) is 5.41 Å². The summed E-state index contributed by atoms with van der Waals surface area (Å²) in [7, 11) is 0. The largest absolute Gasteiger partial charge is 0.455 e. The summed E-state index contributed by atoms with van der Waals surface area (Å²) in [6.07, 6.45) is 0. The predicted molar refractivity (Wildman–Crippen MR) is 247 cm³/mol. The molecule has 1 aliphatic rings. The average molecular weight is 771 g/mol. The lowest BCUT2D eigenvalue weighted by Gasteiger charge is -2.28. The van der Waals surface area contributed by atoms with Crippen LogP contribution < -0.4 is 4.90 Å². The number of oxazole rings is 1. The molecular weight excluding hydrogens is 733 g/mol. The molecule has 60 heavy (non-hydrogen) atoms. The minimum atomic E-state index is -0.121. The summed E-state index contributed by atoms with van der Waals surface area (Å²) in [5.74, 6) is 0.604. The molecule has 0 atom stereocenters. The van der Waals surface area contributed by atoms with E-state index in [1.54, 1.807) is 0 Å². The second-order valence-corrected chi connectivity index (χ2v) is 16.3. The minimum Gasteiger partial charge on any atom is -0.455 e. The molecule has 2 heterocycles. The topological polar surface area (TPSA) is 42.4 Å². The number of hydrogen-bond donors (Lipinski definition) is 0. The van der Waals surface area contributed by atoms with Gasteiger partial charge in [0.25, 0.3) is 0 Å². The van der Waals surface area contributed by atoms with Gasteiger partial charge in [-0.25, -0.2) is 4.98 Å². The Bertz CT molecular complexity index is 3440. The van der Waals surface area contributed by atoms with Crippen molar-refractivity contribution in [2.75, 3.05) is 4.90 Å². The molecule has 4 nitrogen and oxygen atoms in total. The van der Waals surface area contributed by atoms with Crippen molar-refractivity contribution in [3.63, 3.8) is 0 Å². The Morgan fingerprint density at radius 1 is 0.417 bits per heavy atom. The molecule has 0 saturated carbocycles. The Labute approximate surface area is 347 Å². The third kappa shape index (κ3) is 5.34. The zero-order valence-electron chi connectivity index (χ0n) is 33.2. The smallest absolute Gasteiger partial charge is 0.227 e. The molecule has 0 spiro atoms. The number of benzene rings is 9. The maximum absolute atomic E-state index is 6.64.